The van der Waals surface area contributed by atoms with Crippen LogP contribution in [-0.4, -0.2) is 25.7 Å². The molecule has 0 radical (unpaired) electrons. The Morgan fingerprint density at radius 1 is 1.44 bits per heavy atom. The molecular formula is C17H17N5O2S. The number of hydrogen-bond donors (Lipinski definition) is 2. The standard InChI is InChI=1S/C17H17N5O2S/c1-10-7-15(23)20-17(18-10)22-14(9-13(21-22)11-4-5-11)19-16(24)8-12-3-2-6-25-12/h2-3,6-7,9,11H,4-5,8H2,1H3,(H,19,24)(H,18,20,23). The first-order valence-corrected chi connectivity index (χ1v) is 8.97. The fourth-order valence-corrected chi connectivity index (χ4v) is 3.35. The second kappa shape index (κ2) is 6.29. The summed E-state index contributed by atoms with van der Waals surface area (Å²) in [4.78, 5) is 32.1. The van der Waals surface area contributed by atoms with Crippen molar-refractivity contribution in [3.8, 4) is 5.95 Å². The SMILES string of the molecule is Cc1cc(=O)[nH]c(-n2nc(C3CC3)cc2NC(=O)Cc2cccs2)n1. The molecule has 7 nitrogen and oxygen atoms in total. The Hall–Kier alpha value is -2.74. The molecule has 2 N–H and O–H groups in total. The lowest BCUT2D eigenvalue weighted by atomic mass is 10.3. The molecule has 0 spiro atoms. The minimum atomic E-state index is -0.248. The molecule has 1 amide bonds. The highest BCUT2D eigenvalue weighted by atomic mass is 32.1. The molecule has 128 valence electrons. The fourth-order valence-electron chi connectivity index (χ4n) is 2.65. The highest BCUT2D eigenvalue weighted by Crippen LogP contribution is 2.40. The Morgan fingerprint density at radius 3 is 2.96 bits per heavy atom. The third-order valence-electron chi connectivity index (χ3n) is 3.96. The number of aryl methyl sites for hydroxylation is 1. The van der Waals surface area contributed by atoms with Crippen LogP contribution in [0.5, 0.6) is 0 Å². The summed E-state index contributed by atoms with van der Waals surface area (Å²) in [5, 5.41) is 9.39. The maximum absolute atomic E-state index is 12.4. The monoisotopic (exact) mass is 355 g/mol. The molecule has 1 aliphatic carbocycles. The molecule has 0 atom stereocenters. The van der Waals surface area contributed by atoms with Crippen molar-refractivity contribution in [2.24, 2.45) is 0 Å². The van der Waals surface area contributed by atoms with Gasteiger partial charge in [0.05, 0.1) is 12.1 Å². The number of nitrogens with one attached hydrogen (secondary N) is 2. The van der Waals surface area contributed by atoms with Gasteiger partial charge in [-0.25, -0.2) is 4.98 Å². The zero-order valence-corrected chi connectivity index (χ0v) is 14.5. The molecule has 1 fully saturated rings. The highest BCUT2D eigenvalue weighted by Gasteiger charge is 2.28. The lowest BCUT2D eigenvalue weighted by Gasteiger charge is -2.08. The van der Waals surface area contributed by atoms with E-state index >= 15 is 0 Å². The van der Waals surface area contributed by atoms with Gasteiger partial charge in [0.15, 0.2) is 0 Å². The summed E-state index contributed by atoms with van der Waals surface area (Å²) in [6.45, 7) is 1.75. The van der Waals surface area contributed by atoms with Crippen LogP contribution in [0.1, 0.15) is 35.0 Å². The molecular weight excluding hydrogens is 338 g/mol. The van der Waals surface area contributed by atoms with Crippen molar-refractivity contribution in [1.29, 1.82) is 0 Å². The van der Waals surface area contributed by atoms with Gasteiger partial charge in [-0.05, 0) is 31.2 Å². The molecule has 8 heteroatoms. The quantitative estimate of drug-likeness (QED) is 0.735. The van der Waals surface area contributed by atoms with E-state index in [1.54, 1.807) is 18.3 Å². The van der Waals surface area contributed by atoms with Gasteiger partial charge < -0.3 is 5.32 Å². The Morgan fingerprint density at radius 2 is 2.28 bits per heavy atom. The summed E-state index contributed by atoms with van der Waals surface area (Å²) in [6.07, 6.45) is 2.49. The highest BCUT2D eigenvalue weighted by molar-refractivity contribution is 7.10. The second-order valence-corrected chi connectivity index (χ2v) is 7.19. The van der Waals surface area contributed by atoms with E-state index in [1.807, 2.05) is 23.6 Å². The van der Waals surface area contributed by atoms with Crippen LogP contribution in [0.4, 0.5) is 5.82 Å². The number of H-pyrrole nitrogens is 1. The van der Waals surface area contributed by atoms with E-state index in [2.05, 4.69) is 20.4 Å². The number of aromatic nitrogens is 4. The number of hydrogen-bond acceptors (Lipinski definition) is 5. The van der Waals surface area contributed by atoms with Crippen molar-refractivity contribution >= 4 is 23.1 Å². The first kappa shape index (κ1) is 15.8. The lowest BCUT2D eigenvalue weighted by molar-refractivity contribution is -0.115. The Bertz CT molecular complexity index is 969. The van der Waals surface area contributed by atoms with Gasteiger partial charge >= 0.3 is 0 Å². The second-order valence-electron chi connectivity index (χ2n) is 6.16. The topological polar surface area (TPSA) is 92.7 Å². The smallest absolute Gasteiger partial charge is 0.252 e. The molecule has 3 aromatic heterocycles. The van der Waals surface area contributed by atoms with Crippen molar-refractivity contribution in [2.75, 3.05) is 5.32 Å². The number of amides is 1. The van der Waals surface area contributed by atoms with Crippen LogP contribution in [0.25, 0.3) is 5.95 Å². The molecule has 1 aliphatic rings. The van der Waals surface area contributed by atoms with Gasteiger partial charge in [0.2, 0.25) is 11.9 Å². The molecule has 3 heterocycles. The van der Waals surface area contributed by atoms with E-state index in [-0.39, 0.29) is 11.5 Å². The molecule has 0 aliphatic heterocycles. The lowest BCUT2D eigenvalue weighted by Crippen LogP contribution is -2.19. The molecule has 1 saturated carbocycles. The molecule has 25 heavy (non-hydrogen) atoms. The summed E-state index contributed by atoms with van der Waals surface area (Å²) in [5.74, 6) is 1.13. The van der Waals surface area contributed by atoms with E-state index in [4.69, 9.17) is 0 Å². The van der Waals surface area contributed by atoms with Gasteiger partial charge in [-0.15, -0.1) is 11.3 Å². The van der Waals surface area contributed by atoms with Crippen molar-refractivity contribution in [3.63, 3.8) is 0 Å². The third kappa shape index (κ3) is 3.53. The first-order valence-electron chi connectivity index (χ1n) is 8.09. The Kier molecular flexibility index (Phi) is 3.96. The van der Waals surface area contributed by atoms with Crippen molar-refractivity contribution < 1.29 is 4.79 Å². The zero-order valence-electron chi connectivity index (χ0n) is 13.7. The maximum Gasteiger partial charge on any atom is 0.252 e. The summed E-state index contributed by atoms with van der Waals surface area (Å²) in [7, 11) is 0. The van der Waals surface area contributed by atoms with Crippen molar-refractivity contribution in [3.05, 3.63) is 56.3 Å². The van der Waals surface area contributed by atoms with Crippen LogP contribution >= 0.6 is 11.3 Å². The van der Waals surface area contributed by atoms with E-state index < -0.39 is 0 Å². The van der Waals surface area contributed by atoms with Gasteiger partial charge in [-0.2, -0.15) is 9.78 Å². The molecule has 0 bridgehead atoms. The number of carbonyl (C=O) groups is 1. The average Bonchev–Trinajstić information content (AvgIpc) is 3.12. The number of aromatic amines is 1. The Balaban J connectivity index is 1.66. The van der Waals surface area contributed by atoms with Gasteiger partial charge in [0, 0.05) is 28.6 Å². The van der Waals surface area contributed by atoms with E-state index in [9.17, 15) is 9.59 Å². The summed E-state index contributed by atoms with van der Waals surface area (Å²) >= 11 is 1.54. The normalized spacial score (nSPS) is 13.8. The van der Waals surface area contributed by atoms with Crippen LogP contribution in [0, 0.1) is 6.92 Å². The number of rotatable bonds is 5. The molecule has 3 aromatic rings. The van der Waals surface area contributed by atoms with E-state index in [0.717, 1.165) is 23.4 Å². The first-order chi connectivity index (χ1) is 12.1. The summed E-state index contributed by atoms with van der Waals surface area (Å²) in [5.41, 5.74) is 1.26. The van der Waals surface area contributed by atoms with E-state index in [1.165, 1.54) is 10.7 Å². The molecule has 0 saturated heterocycles. The van der Waals surface area contributed by atoms with Crippen LogP contribution in [-0.2, 0) is 11.2 Å². The van der Waals surface area contributed by atoms with Crippen LogP contribution < -0.4 is 10.9 Å². The van der Waals surface area contributed by atoms with Crippen LogP contribution in [0.2, 0.25) is 0 Å². The molecule has 4 rings (SSSR count). The van der Waals surface area contributed by atoms with Gasteiger partial charge in [-0.3, -0.25) is 14.6 Å². The zero-order chi connectivity index (χ0) is 17.4. The summed E-state index contributed by atoms with van der Waals surface area (Å²) < 4.78 is 1.51. The minimum Gasteiger partial charge on any atom is -0.310 e. The van der Waals surface area contributed by atoms with Crippen LogP contribution in [0.3, 0.4) is 0 Å². The van der Waals surface area contributed by atoms with Crippen LogP contribution in [0.15, 0.2) is 34.4 Å². The predicted molar refractivity (Wildman–Crippen MR) is 95.3 cm³/mol. The van der Waals surface area contributed by atoms with Crippen molar-refractivity contribution in [1.82, 2.24) is 19.7 Å². The molecule has 0 aromatic carbocycles. The minimum absolute atomic E-state index is 0.124. The fraction of sp³-hybridized carbons (Fsp3) is 0.294. The Labute approximate surface area is 147 Å². The number of thiophene rings is 1. The average molecular weight is 355 g/mol. The largest absolute Gasteiger partial charge is 0.310 e. The molecule has 0 unspecified atom stereocenters. The van der Waals surface area contributed by atoms with E-state index in [0.29, 0.717) is 29.8 Å². The summed E-state index contributed by atoms with van der Waals surface area (Å²) in [6, 6.07) is 7.14. The third-order valence-corrected chi connectivity index (χ3v) is 4.84. The predicted octanol–water partition coefficient (Wildman–Crippen LogP) is 2.38. The van der Waals surface area contributed by atoms with Gasteiger partial charge in [-0.1, -0.05) is 6.07 Å². The van der Waals surface area contributed by atoms with Crippen molar-refractivity contribution in [2.45, 2.75) is 32.1 Å². The number of carbonyl (C=O) groups excluding carboxylic acids is 1. The maximum atomic E-state index is 12.4. The van der Waals surface area contributed by atoms with Gasteiger partial charge in [0.1, 0.15) is 5.82 Å². The van der Waals surface area contributed by atoms with Gasteiger partial charge in [0.25, 0.3) is 5.56 Å². The number of anilines is 1. The number of nitrogens with zero attached hydrogens (tertiary/aromatic N) is 3.